The maximum Gasteiger partial charge on any atom is 0.310 e. The van der Waals surface area contributed by atoms with Crippen LogP contribution < -0.4 is 19.5 Å². The Kier molecular flexibility index (Phi) is 6.77. The Balaban J connectivity index is 1.52. The molecule has 0 aliphatic carbocycles. The Bertz CT molecular complexity index is 918. The number of benzene rings is 2. The molecule has 0 saturated carbocycles. The quantitative estimate of drug-likeness (QED) is 0.540. The van der Waals surface area contributed by atoms with Crippen molar-refractivity contribution < 1.29 is 23.9 Å². The summed E-state index contributed by atoms with van der Waals surface area (Å²) in [4.78, 5) is 22.7. The number of nitro benzene ring substituents is 1. The third-order valence-electron chi connectivity index (χ3n) is 4.25. The van der Waals surface area contributed by atoms with E-state index in [4.69, 9.17) is 25.8 Å². The van der Waals surface area contributed by atoms with Crippen molar-refractivity contribution in [1.29, 1.82) is 0 Å². The minimum absolute atomic E-state index is 0.0258. The number of aryl methyl sites for hydroxylation is 1. The molecule has 2 aromatic rings. The van der Waals surface area contributed by atoms with Crippen molar-refractivity contribution in [2.75, 3.05) is 19.8 Å². The maximum absolute atomic E-state index is 12.1. The van der Waals surface area contributed by atoms with Crippen molar-refractivity contribution in [3.63, 3.8) is 0 Å². The van der Waals surface area contributed by atoms with E-state index < -0.39 is 4.92 Å². The first-order valence-electron chi connectivity index (χ1n) is 9.16. The van der Waals surface area contributed by atoms with Gasteiger partial charge in [-0.25, -0.2) is 0 Å². The summed E-state index contributed by atoms with van der Waals surface area (Å²) < 4.78 is 16.7. The van der Waals surface area contributed by atoms with Gasteiger partial charge in [0.25, 0.3) is 0 Å². The minimum atomic E-state index is -0.511. The second-order valence-corrected chi connectivity index (χ2v) is 6.97. The van der Waals surface area contributed by atoms with E-state index in [1.807, 2.05) is 6.92 Å². The monoisotopic (exact) mass is 420 g/mol. The average Bonchev–Trinajstić information content (AvgIpc) is 2.92. The number of rotatable bonds is 7. The van der Waals surface area contributed by atoms with Gasteiger partial charge in [0.15, 0.2) is 17.2 Å². The lowest BCUT2D eigenvalue weighted by molar-refractivity contribution is -0.385. The summed E-state index contributed by atoms with van der Waals surface area (Å²) in [6.45, 7) is 3.19. The van der Waals surface area contributed by atoms with Crippen molar-refractivity contribution in [1.82, 2.24) is 5.32 Å². The van der Waals surface area contributed by atoms with Crippen LogP contribution in [0.5, 0.6) is 17.2 Å². The molecule has 3 rings (SSSR count). The van der Waals surface area contributed by atoms with Gasteiger partial charge in [-0.15, -0.1) is 0 Å². The lowest BCUT2D eigenvalue weighted by atomic mass is 10.2. The van der Waals surface area contributed by atoms with E-state index in [0.717, 1.165) is 17.5 Å². The van der Waals surface area contributed by atoms with E-state index in [-0.39, 0.29) is 36.9 Å². The molecule has 9 heteroatoms. The summed E-state index contributed by atoms with van der Waals surface area (Å²) >= 11 is 6.25. The van der Waals surface area contributed by atoms with Crippen molar-refractivity contribution in [3.8, 4) is 17.2 Å². The number of carbonyl (C=O) groups excluding carboxylic acids is 1. The standard InChI is InChI=1S/C20H21ClN2O6/c1-13-3-4-16(23(25)26)17(9-13)28-8-5-19(24)22-12-14-10-15(21)20-18(11-14)27-6-2-7-29-20/h3-4,9-11H,2,5-8,12H2,1H3,(H,22,24). The highest BCUT2D eigenvalue weighted by molar-refractivity contribution is 6.32. The first-order valence-corrected chi connectivity index (χ1v) is 9.54. The lowest BCUT2D eigenvalue weighted by Gasteiger charge is -2.12. The van der Waals surface area contributed by atoms with Crippen LogP contribution in [0.4, 0.5) is 5.69 Å². The fraction of sp³-hybridized carbons (Fsp3) is 0.350. The van der Waals surface area contributed by atoms with Gasteiger partial charge in [0.05, 0.1) is 36.2 Å². The molecule has 1 N–H and O–H groups in total. The van der Waals surface area contributed by atoms with E-state index in [9.17, 15) is 14.9 Å². The Morgan fingerprint density at radius 1 is 1.28 bits per heavy atom. The van der Waals surface area contributed by atoms with Gasteiger partial charge in [-0.05, 0) is 36.2 Å². The molecule has 1 aliphatic heterocycles. The molecule has 0 radical (unpaired) electrons. The summed E-state index contributed by atoms with van der Waals surface area (Å²) in [5.41, 5.74) is 1.49. The molecular formula is C20H21ClN2O6. The Hall–Kier alpha value is -3.00. The first-order chi connectivity index (χ1) is 13.9. The van der Waals surface area contributed by atoms with E-state index in [0.29, 0.717) is 29.7 Å². The van der Waals surface area contributed by atoms with Crippen LogP contribution in [0.1, 0.15) is 24.0 Å². The summed E-state index contributed by atoms with van der Waals surface area (Å²) in [5, 5.41) is 14.3. The second kappa shape index (κ2) is 9.47. The number of nitro groups is 1. The van der Waals surface area contributed by atoms with Gasteiger partial charge >= 0.3 is 5.69 Å². The summed E-state index contributed by atoms with van der Waals surface area (Å²) in [5.74, 6) is 0.989. The van der Waals surface area contributed by atoms with Crippen LogP contribution in [0.25, 0.3) is 0 Å². The number of carbonyl (C=O) groups is 1. The summed E-state index contributed by atoms with van der Waals surface area (Å²) in [6, 6.07) is 8.12. The topological polar surface area (TPSA) is 99.9 Å². The Morgan fingerprint density at radius 3 is 2.86 bits per heavy atom. The predicted molar refractivity (Wildman–Crippen MR) is 107 cm³/mol. The molecule has 0 bridgehead atoms. The van der Waals surface area contributed by atoms with Gasteiger partial charge in [0, 0.05) is 19.0 Å². The van der Waals surface area contributed by atoms with E-state index in [2.05, 4.69) is 5.32 Å². The van der Waals surface area contributed by atoms with Crippen LogP contribution in [0.3, 0.4) is 0 Å². The molecule has 0 spiro atoms. The number of amides is 1. The van der Waals surface area contributed by atoms with Gasteiger partial charge < -0.3 is 19.5 Å². The normalized spacial score (nSPS) is 12.8. The van der Waals surface area contributed by atoms with Crippen molar-refractivity contribution in [2.24, 2.45) is 0 Å². The molecule has 0 saturated heterocycles. The van der Waals surface area contributed by atoms with Gasteiger partial charge in [0.1, 0.15) is 0 Å². The van der Waals surface area contributed by atoms with Crippen molar-refractivity contribution in [2.45, 2.75) is 26.3 Å². The molecule has 154 valence electrons. The zero-order chi connectivity index (χ0) is 20.8. The molecule has 1 amide bonds. The highest BCUT2D eigenvalue weighted by atomic mass is 35.5. The minimum Gasteiger partial charge on any atom is -0.489 e. The molecule has 0 unspecified atom stereocenters. The highest BCUT2D eigenvalue weighted by Gasteiger charge is 2.17. The highest BCUT2D eigenvalue weighted by Crippen LogP contribution is 2.38. The molecule has 29 heavy (non-hydrogen) atoms. The molecule has 1 aliphatic rings. The number of hydrogen-bond donors (Lipinski definition) is 1. The van der Waals surface area contributed by atoms with Crippen molar-refractivity contribution in [3.05, 3.63) is 56.6 Å². The van der Waals surface area contributed by atoms with Crippen LogP contribution in [-0.2, 0) is 11.3 Å². The van der Waals surface area contributed by atoms with Gasteiger partial charge in [-0.3, -0.25) is 14.9 Å². The van der Waals surface area contributed by atoms with Crippen molar-refractivity contribution >= 4 is 23.2 Å². The number of ether oxygens (including phenoxy) is 3. The van der Waals surface area contributed by atoms with Crippen LogP contribution in [0, 0.1) is 17.0 Å². The van der Waals surface area contributed by atoms with Crippen LogP contribution in [0.15, 0.2) is 30.3 Å². The average molecular weight is 421 g/mol. The van der Waals surface area contributed by atoms with Crippen LogP contribution in [-0.4, -0.2) is 30.7 Å². The number of halogens is 1. The molecule has 0 fully saturated rings. The number of nitrogens with zero attached hydrogens (tertiary/aromatic N) is 1. The molecule has 8 nitrogen and oxygen atoms in total. The second-order valence-electron chi connectivity index (χ2n) is 6.56. The first kappa shape index (κ1) is 20.7. The summed E-state index contributed by atoms with van der Waals surface area (Å²) in [7, 11) is 0. The third-order valence-corrected chi connectivity index (χ3v) is 4.53. The van der Waals surface area contributed by atoms with E-state index in [1.54, 1.807) is 24.3 Å². The molecule has 1 heterocycles. The number of hydrogen-bond acceptors (Lipinski definition) is 6. The largest absolute Gasteiger partial charge is 0.489 e. The molecule has 0 atom stereocenters. The summed E-state index contributed by atoms with van der Waals surface area (Å²) in [6.07, 6.45) is 0.833. The smallest absolute Gasteiger partial charge is 0.310 e. The zero-order valence-corrected chi connectivity index (χ0v) is 16.7. The van der Waals surface area contributed by atoms with E-state index >= 15 is 0 Å². The zero-order valence-electron chi connectivity index (χ0n) is 15.9. The van der Waals surface area contributed by atoms with Crippen LogP contribution >= 0.6 is 11.6 Å². The molecule has 0 aromatic heterocycles. The van der Waals surface area contributed by atoms with Gasteiger partial charge in [0.2, 0.25) is 5.91 Å². The molecule has 2 aromatic carbocycles. The Morgan fingerprint density at radius 2 is 2.07 bits per heavy atom. The van der Waals surface area contributed by atoms with Gasteiger partial charge in [-0.2, -0.15) is 0 Å². The third kappa shape index (κ3) is 5.51. The Labute approximate surface area is 172 Å². The fourth-order valence-electron chi connectivity index (χ4n) is 2.82. The fourth-order valence-corrected chi connectivity index (χ4v) is 3.10. The number of nitrogens with one attached hydrogen (secondary N) is 1. The van der Waals surface area contributed by atoms with E-state index in [1.165, 1.54) is 6.07 Å². The predicted octanol–water partition coefficient (Wildman–Crippen LogP) is 3.80. The maximum atomic E-state index is 12.1. The van der Waals surface area contributed by atoms with Gasteiger partial charge in [-0.1, -0.05) is 17.7 Å². The molecular weight excluding hydrogens is 400 g/mol. The SMILES string of the molecule is Cc1ccc([N+](=O)[O-])c(OCCC(=O)NCc2cc(Cl)c3c(c2)OCCCO3)c1. The van der Waals surface area contributed by atoms with Crippen LogP contribution in [0.2, 0.25) is 5.02 Å². The number of fused-ring (bicyclic) bond motifs is 1. The lowest BCUT2D eigenvalue weighted by Crippen LogP contribution is -2.24.